The average Bonchev–Trinajstić information content (AvgIpc) is 3.29. The molecule has 10 heteroatoms. The molecular formula is C33H35F3N2O5. The van der Waals surface area contributed by atoms with Gasteiger partial charge in [0.25, 0.3) is 5.91 Å². The van der Waals surface area contributed by atoms with Gasteiger partial charge in [-0.25, -0.2) is 0 Å². The lowest BCUT2D eigenvalue weighted by molar-refractivity contribution is -0.221. The van der Waals surface area contributed by atoms with Gasteiger partial charge >= 0.3 is 12.1 Å². The minimum Gasteiger partial charge on any atom is -0.504 e. The molecule has 2 aromatic rings. The molecule has 2 aromatic carbocycles. The van der Waals surface area contributed by atoms with Crippen molar-refractivity contribution in [2.75, 3.05) is 20.1 Å². The summed E-state index contributed by atoms with van der Waals surface area (Å²) in [6.45, 7) is 6.51. The Bertz CT molecular complexity index is 1530. The number of ether oxygens (including phenoxy) is 2. The number of rotatable bonds is 4. The summed E-state index contributed by atoms with van der Waals surface area (Å²) in [7, 11) is 2.04. The normalized spacial score (nSPS) is 28.8. The maximum absolute atomic E-state index is 13.8. The zero-order valence-electron chi connectivity index (χ0n) is 24.6. The number of esters is 1. The number of alkyl halides is 3. The summed E-state index contributed by atoms with van der Waals surface area (Å²) in [5.74, 6) is 5.06. The second kappa shape index (κ2) is 10.2. The molecule has 0 radical (unpaired) electrons. The van der Waals surface area contributed by atoms with Crippen molar-refractivity contribution in [1.29, 1.82) is 0 Å². The lowest BCUT2D eigenvalue weighted by Gasteiger charge is -2.65. The van der Waals surface area contributed by atoms with Gasteiger partial charge < -0.3 is 19.5 Å². The van der Waals surface area contributed by atoms with Crippen LogP contribution in [0.2, 0.25) is 0 Å². The maximum Gasteiger partial charge on any atom is 0.416 e. The summed E-state index contributed by atoms with van der Waals surface area (Å²) in [4.78, 5) is 30.5. The first-order chi connectivity index (χ1) is 20.3. The Hall–Kier alpha value is -3.71. The number of phenols is 1. The van der Waals surface area contributed by atoms with E-state index in [9.17, 15) is 27.9 Å². The first-order valence-corrected chi connectivity index (χ1v) is 14.7. The van der Waals surface area contributed by atoms with E-state index in [-0.39, 0.29) is 23.7 Å². The van der Waals surface area contributed by atoms with Gasteiger partial charge in [0.05, 0.1) is 23.1 Å². The first kappa shape index (κ1) is 29.4. The molecule has 7 nitrogen and oxygen atoms in total. The molecule has 2 fully saturated rings. The number of amides is 1. The minimum absolute atomic E-state index is 0.0132. The number of piperidine rings is 1. The standard InChI is InChI=1S/C33H35F3N2O5/c1-19(2)18-38(27(41)12-7-21-5-9-23(10-6-21)33(34,35)36)24-13-14-32(43-20(3)39)26-17-22-8-11-25(40)29-28(22)31(32,30(24)42-29)15-16-37(26)4/h5-6,8-11,19,24,26,30,40H,13-18H2,1-4H3/t24-,26+,30-,31-,32+/m0/s1. The predicted molar refractivity (Wildman–Crippen MR) is 151 cm³/mol. The molecule has 5 atom stereocenters. The maximum atomic E-state index is 13.8. The summed E-state index contributed by atoms with van der Waals surface area (Å²) in [5, 5.41) is 11.0. The fraction of sp³-hybridized carbons (Fsp3) is 0.515. The molecule has 1 N–H and O–H groups in total. The number of carbonyl (C=O) groups is 2. The number of nitrogens with zero attached hydrogens (tertiary/aromatic N) is 2. The van der Waals surface area contributed by atoms with E-state index < -0.39 is 40.8 Å². The molecule has 1 amide bonds. The summed E-state index contributed by atoms with van der Waals surface area (Å²) in [6, 6.07) is 7.41. The highest BCUT2D eigenvalue weighted by Crippen LogP contribution is 2.67. The molecule has 0 unspecified atom stereocenters. The van der Waals surface area contributed by atoms with E-state index in [0.29, 0.717) is 43.5 Å². The second-order valence-corrected chi connectivity index (χ2v) is 12.7. The van der Waals surface area contributed by atoms with Gasteiger partial charge in [0.15, 0.2) is 11.5 Å². The molecule has 228 valence electrons. The van der Waals surface area contributed by atoms with Crippen LogP contribution in [0, 0.1) is 17.8 Å². The molecule has 2 heterocycles. The van der Waals surface area contributed by atoms with Crippen LogP contribution >= 0.6 is 0 Å². The largest absolute Gasteiger partial charge is 0.504 e. The number of aromatic hydroxyl groups is 1. The van der Waals surface area contributed by atoms with Crippen LogP contribution in [0.25, 0.3) is 0 Å². The van der Waals surface area contributed by atoms with Crippen LogP contribution in [0.4, 0.5) is 13.2 Å². The Morgan fingerprint density at radius 3 is 2.56 bits per heavy atom. The van der Waals surface area contributed by atoms with Gasteiger partial charge in [-0.2, -0.15) is 13.2 Å². The number of halogens is 3. The number of likely N-dealkylation sites (tertiary alicyclic amines) is 1. The van der Waals surface area contributed by atoms with E-state index in [2.05, 4.69) is 16.7 Å². The van der Waals surface area contributed by atoms with Gasteiger partial charge in [0, 0.05) is 30.5 Å². The van der Waals surface area contributed by atoms with Crippen LogP contribution in [0.15, 0.2) is 36.4 Å². The number of likely N-dealkylation sites (N-methyl/N-ethyl adjacent to an activating group) is 1. The van der Waals surface area contributed by atoms with Crippen LogP contribution in [-0.4, -0.2) is 70.7 Å². The number of hydrogen-bond donors (Lipinski definition) is 1. The monoisotopic (exact) mass is 596 g/mol. The van der Waals surface area contributed by atoms with Gasteiger partial charge in [0.2, 0.25) is 0 Å². The van der Waals surface area contributed by atoms with Gasteiger partial charge in [-0.1, -0.05) is 25.8 Å². The van der Waals surface area contributed by atoms with Crippen LogP contribution in [0.1, 0.15) is 62.3 Å². The van der Waals surface area contributed by atoms with Crippen LogP contribution in [-0.2, 0) is 32.3 Å². The molecule has 2 aliphatic heterocycles. The Balaban J connectivity index is 1.42. The number of hydrogen-bond acceptors (Lipinski definition) is 6. The molecule has 2 aliphatic carbocycles. The van der Waals surface area contributed by atoms with Crippen molar-refractivity contribution in [3.05, 3.63) is 58.7 Å². The fourth-order valence-electron chi connectivity index (χ4n) is 8.18. The smallest absolute Gasteiger partial charge is 0.416 e. The third kappa shape index (κ3) is 4.46. The summed E-state index contributed by atoms with van der Waals surface area (Å²) in [6.07, 6.45) is -2.84. The number of carbonyl (C=O) groups excluding carboxylic acids is 2. The van der Waals surface area contributed by atoms with Crippen LogP contribution in [0.3, 0.4) is 0 Å². The van der Waals surface area contributed by atoms with Gasteiger partial charge in [0.1, 0.15) is 11.7 Å². The molecule has 1 saturated heterocycles. The number of phenolic OH excluding ortho intramolecular Hbond substituents is 1. The molecule has 2 bridgehead atoms. The van der Waals surface area contributed by atoms with E-state index in [4.69, 9.17) is 9.47 Å². The fourth-order valence-corrected chi connectivity index (χ4v) is 8.18. The van der Waals surface area contributed by atoms with Crippen LogP contribution < -0.4 is 4.74 Å². The molecular weight excluding hydrogens is 561 g/mol. The van der Waals surface area contributed by atoms with Gasteiger partial charge in [-0.15, -0.1) is 0 Å². The molecule has 4 aliphatic rings. The van der Waals surface area contributed by atoms with E-state index in [1.807, 2.05) is 27.0 Å². The van der Waals surface area contributed by atoms with E-state index in [1.165, 1.54) is 19.1 Å². The topological polar surface area (TPSA) is 79.3 Å². The minimum atomic E-state index is -4.46. The lowest BCUT2D eigenvalue weighted by Crippen LogP contribution is -2.79. The zero-order valence-corrected chi connectivity index (χ0v) is 24.6. The summed E-state index contributed by atoms with van der Waals surface area (Å²) in [5.41, 5.74) is -0.256. The highest BCUT2D eigenvalue weighted by Gasteiger charge is 2.75. The molecule has 43 heavy (non-hydrogen) atoms. The highest BCUT2D eigenvalue weighted by molar-refractivity contribution is 5.94. The Labute approximate surface area is 248 Å². The molecule has 1 saturated carbocycles. The van der Waals surface area contributed by atoms with Crippen molar-refractivity contribution < 1.29 is 37.3 Å². The van der Waals surface area contributed by atoms with E-state index in [0.717, 1.165) is 29.8 Å². The predicted octanol–water partition coefficient (Wildman–Crippen LogP) is 4.67. The summed E-state index contributed by atoms with van der Waals surface area (Å²) < 4.78 is 52.1. The van der Waals surface area contributed by atoms with Crippen LogP contribution in [0.5, 0.6) is 11.5 Å². The van der Waals surface area contributed by atoms with E-state index in [1.54, 1.807) is 11.0 Å². The quantitative estimate of drug-likeness (QED) is 0.409. The summed E-state index contributed by atoms with van der Waals surface area (Å²) >= 11 is 0. The third-order valence-electron chi connectivity index (χ3n) is 9.73. The lowest BCUT2D eigenvalue weighted by atomic mass is 9.48. The molecule has 6 rings (SSSR count). The average molecular weight is 597 g/mol. The zero-order chi connectivity index (χ0) is 30.9. The Morgan fingerprint density at radius 1 is 1.19 bits per heavy atom. The Kier molecular flexibility index (Phi) is 6.96. The van der Waals surface area contributed by atoms with Crippen molar-refractivity contribution >= 4 is 11.9 Å². The van der Waals surface area contributed by atoms with Crippen molar-refractivity contribution in [3.8, 4) is 23.3 Å². The van der Waals surface area contributed by atoms with Crippen molar-refractivity contribution in [3.63, 3.8) is 0 Å². The molecule has 0 aromatic heterocycles. The highest BCUT2D eigenvalue weighted by atomic mass is 19.4. The van der Waals surface area contributed by atoms with Gasteiger partial charge in [-0.05, 0) is 81.1 Å². The van der Waals surface area contributed by atoms with E-state index >= 15 is 0 Å². The van der Waals surface area contributed by atoms with Crippen molar-refractivity contribution in [1.82, 2.24) is 9.80 Å². The van der Waals surface area contributed by atoms with Crippen molar-refractivity contribution in [2.24, 2.45) is 5.92 Å². The van der Waals surface area contributed by atoms with Crippen molar-refractivity contribution in [2.45, 2.75) is 81.8 Å². The van der Waals surface area contributed by atoms with Gasteiger partial charge in [-0.3, -0.25) is 14.5 Å². The Morgan fingerprint density at radius 2 is 1.91 bits per heavy atom. The first-order valence-electron chi connectivity index (χ1n) is 14.7. The number of benzene rings is 2. The SMILES string of the molecule is CC(=O)O[C@@]12CC[C@H](N(CC(C)C)C(=O)C#Cc3ccc(C(F)(F)F)cc3)[C@@H]3Oc4c(O)ccc5c4[C@@]31CCN(C)[C@@H]2C5. The third-order valence-corrected chi connectivity index (χ3v) is 9.73. The molecule has 1 spiro atoms. The second-order valence-electron chi connectivity index (χ2n) is 12.7.